The van der Waals surface area contributed by atoms with E-state index >= 15 is 0 Å². The van der Waals surface area contributed by atoms with Gasteiger partial charge in [0.1, 0.15) is 5.76 Å². The van der Waals surface area contributed by atoms with Crippen LogP contribution in [0.3, 0.4) is 0 Å². The van der Waals surface area contributed by atoms with Gasteiger partial charge in [0, 0.05) is 45.3 Å². The van der Waals surface area contributed by atoms with E-state index in [2.05, 4.69) is 27.2 Å². The summed E-state index contributed by atoms with van der Waals surface area (Å²) in [7, 11) is 0. The van der Waals surface area contributed by atoms with Gasteiger partial charge in [-0.1, -0.05) is 19.0 Å². The quantitative estimate of drug-likeness (QED) is 0.355. The van der Waals surface area contributed by atoms with Gasteiger partial charge in [0.15, 0.2) is 5.96 Å². The number of halogens is 1. The molecule has 0 bridgehead atoms. The van der Waals surface area contributed by atoms with Gasteiger partial charge in [-0.3, -0.25) is 9.89 Å². The Morgan fingerprint density at radius 3 is 2.42 bits per heavy atom. The molecular weight excluding hydrogens is 445 g/mol. The van der Waals surface area contributed by atoms with Crippen LogP contribution in [0.2, 0.25) is 0 Å². The third-order valence-corrected chi connectivity index (χ3v) is 4.91. The molecule has 0 radical (unpaired) electrons. The Bertz CT molecular complexity index is 552. The molecule has 0 unspecified atom stereocenters. The van der Waals surface area contributed by atoms with Gasteiger partial charge in [0.25, 0.3) is 0 Å². The SMILES string of the molecule is CCNC(=NCC(O)(CC)CC)N1CCN(Cc2cc(C)on2)CC1.I. The average molecular weight is 479 g/mol. The van der Waals surface area contributed by atoms with E-state index < -0.39 is 5.60 Å². The van der Waals surface area contributed by atoms with Gasteiger partial charge >= 0.3 is 0 Å². The van der Waals surface area contributed by atoms with Crippen LogP contribution < -0.4 is 5.32 Å². The smallest absolute Gasteiger partial charge is 0.194 e. The first-order valence-electron chi connectivity index (χ1n) is 9.39. The first kappa shape index (κ1) is 23.2. The zero-order chi connectivity index (χ0) is 18.3. The number of rotatable bonds is 7. The fourth-order valence-corrected chi connectivity index (χ4v) is 2.96. The molecule has 0 aliphatic carbocycles. The molecule has 0 saturated carbocycles. The Morgan fingerprint density at radius 2 is 1.92 bits per heavy atom. The maximum atomic E-state index is 10.5. The van der Waals surface area contributed by atoms with Crippen LogP contribution in [0.5, 0.6) is 0 Å². The van der Waals surface area contributed by atoms with E-state index in [9.17, 15) is 5.11 Å². The summed E-state index contributed by atoms with van der Waals surface area (Å²) in [6, 6.07) is 1.99. The second-order valence-electron chi connectivity index (χ2n) is 6.79. The number of aliphatic imine (C=N–C) groups is 1. The summed E-state index contributed by atoms with van der Waals surface area (Å²) >= 11 is 0. The van der Waals surface area contributed by atoms with Crippen molar-refractivity contribution in [2.75, 3.05) is 39.3 Å². The van der Waals surface area contributed by atoms with Crippen molar-refractivity contribution in [3.63, 3.8) is 0 Å². The molecule has 2 rings (SSSR count). The summed E-state index contributed by atoms with van der Waals surface area (Å²) in [5.41, 5.74) is 0.287. The number of piperazine rings is 1. The van der Waals surface area contributed by atoms with Crippen LogP contribution in [0.15, 0.2) is 15.6 Å². The Hall–Kier alpha value is -0.870. The van der Waals surface area contributed by atoms with Crippen LogP contribution in [0.1, 0.15) is 45.1 Å². The van der Waals surface area contributed by atoms with Gasteiger partial charge in [0.05, 0.1) is 17.8 Å². The molecule has 1 aromatic rings. The monoisotopic (exact) mass is 479 g/mol. The van der Waals surface area contributed by atoms with E-state index in [0.29, 0.717) is 6.54 Å². The number of aromatic nitrogens is 1. The van der Waals surface area contributed by atoms with Crippen LogP contribution in [-0.2, 0) is 6.54 Å². The topological polar surface area (TPSA) is 77.1 Å². The predicted molar refractivity (Wildman–Crippen MR) is 115 cm³/mol. The molecule has 0 atom stereocenters. The van der Waals surface area contributed by atoms with Gasteiger partial charge < -0.3 is 19.8 Å². The summed E-state index contributed by atoms with van der Waals surface area (Å²) in [6.45, 7) is 13.9. The fourth-order valence-electron chi connectivity index (χ4n) is 2.96. The van der Waals surface area contributed by atoms with E-state index in [1.165, 1.54) is 0 Å². The van der Waals surface area contributed by atoms with Crippen LogP contribution in [0, 0.1) is 6.92 Å². The van der Waals surface area contributed by atoms with Crippen molar-refractivity contribution in [1.29, 1.82) is 0 Å². The molecule has 0 aromatic carbocycles. The van der Waals surface area contributed by atoms with Crippen molar-refractivity contribution in [2.24, 2.45) is 4.99 Å². The predicted octanol–water partition coefficient (Wildman–Crippen LogP) is 2.24. The van der Waals surface area contributed by atoms with Crippen LogP contribution in [0.4, 0.5) is 0 Å². The molecule has 1 aromatic heterocycles. The highest BCUT2D eigenvalue weighted by Gasteiger charge is 2.24. The molecule has 1 saturated heterocycles. The van der Waals surface area contributed by atoms with Crippen molar-refractivity contribution in [2.45, 2.75) is 52.7 Å². The minimum atomic E-state index is -0.701. The third-order valence-electron chi connectivity index (χ3n) is 4.91. The minimum Gasteiger partial charge on any atom is -0.388 e. The summed E-state index contributed by atoms with van der Waals surface area (Å²) in [5.74, 6) is 1.76. The largest absolute Gasteiger partial charge is 0.388 e. The lowest BCUT2D eigenvalue weighted by atomic mass is 9.98. The van der Waals surface area contributed by atoms with Gasteiger partial charge in [-0.05, 0) is 26.7 Å². The normalized spacial score (nSPS) is 16.5. The summed E-state index contributed by atoms with van der Waals surface area (Å²) in [4.78, 5) is 9.36. The van der Waals surface area contributed by atoms with E-state index in [0.717, 1.165) is 69.5 Å². The maximum absolute atomic E-state index is 10.5. The maximum Gasteiger partial charge on any atom is 0.194 e. The van der Waals surface area contributed by atoms with Crippen molar-refractivity contribution in [3.05, 3.63) is 17.5 Å². The zero-order valence-corrected chi connectivity index (χ0v) is 18.8. The first-order valence-corrected chi connectivity index (χ1v) is 9.39. The standard InChI is InChI=1S/C18H33N5O2.HI/c1-5-18(24,6-2)14-20-17(19-7-3)23-10-8-22(9-11-23)13-16-12-15(4)25-21-16;/h12,24H,5-11,13-14H2,1-4H3,(H,19,20);1H. The van der Waals surface area contributed by atoms with Crippen molar-refractivity contribution in [1.82, 2.24) is 20.3 Å². The molecule has 150 valence electrons. The molecule has 1 aliphatic heterocycles. The lowest BCUT2D eigenvalue weighted by molar-refractivity contribution is 0.0414. The second kappa shape index (κ2) is 11.1. The Kier molecular flexibility index (Phi) is 9.88. The molecular formula is C18H34IN5O2. The Balaban J connectivity index is 0.00000338. The Morgan fingerprint density at radius 1 is 1.27 bits per heavy atom. The highest BCUT2D eigenvalue weighted by molar-refractivity contribution is 14.0. The fraction of sp³-hybridized carbons (Fsp3) is 0.778. The lowest BCUT2D eigenvalue weighted by Crippen LogP contribution is -2.52. The van der Waals surface area contributed by atoms with Gasteiger partial charge in [-0.25, -0.2) is 0 Å². The highest BCUT2D eigenvalue weighted by Crippen LogP contribution is 2.15. The van der Waals surface area contributed by atoms with Crippen LogP contribution in [-0.4, -0.2) is 70.9 Å². The van der Waals surface area contributed by atoms with Crippen molar-refractivity contribution >= 4 is 29.9 Å². The van der Waals surface area contributed by atoms with Crippen LogP contribution in [0.25, 0.3) is 0 Å². The van der Waals surface area contributed by atoms with E-state index in [1.807, 2.05) is 26.8 Å². The van der Waals surface area contributed by atoms with Gasteiger partial charge in [-0.15, -0.1) is 24.0 Å². The number of aryl methyl sites for hydroxylation is 1. The molecule has 7 nitrogen and oxygen atoms in total. The molecule has 0 spiro atoms. The third kappa shape index (κ3) is 6.70. The molecule has 26 heavy (non-hydrogen) atoms. The van der Waals surface area contributed by atoms with Gasteiger partial charge in [-0.2, -0.15) is 0 Å². The van der Waals surface area contributed by atoms with Crippen LogP contribution >= 0.6 is 24.0 Å². The number of nitrogens with one attached hydrogen (secondary N) is 1. The van der Waals surface area contributed by atoms with E-state index in [4.69, 9.17) is 9.52 Å². The van der Waals surface area contributed by atoms with E-state index in [1.54, 1.807) is 0 Å². The molecule has 8 heteroatoms. The minimum absolute atomic E-state index is 0. The Labute approximate surface area is 174 Å². The first-order chi connectivity index (χ1) is 12.0. The molecule has 1 aliphatic rings. The zero-order valence-electron chi connectivity index (χ0n) is 16.5. The number of aliphatic hydroxyl groups is 1. The van der Waals surface area contributed by atoms with Crippen molar-refractivity contribution < 1.29 is 9.63 Å². The molecule has 0 amide bonds. The average Bonchev–Trinajstić information content (AvgIpc) is 3.04. The van der Waals surface area contributed by atoms with E-state index in [-0.39, 0.29) is 24.0 Å². The number of hydrogen-bond acceptors (Lipinski definition) is 5. The molecule has 2 N–H and O–H groups in total. The summed E-state index contributed by atoms with van der Waals surface area (Å²) < 4.78 is 5.14. The summed E-state index contributed by atoms with van der Waals surface area (Å²) in [6.07, 6.45) is 1.44. The number of nitrogens with zero attached hydrogens (tertiary/aromatic N) is 4. The number of guanidine groups is 1. The summed E-state index contributed by atoms with van der Waals surface area (Å²) in [5, 5.41) is 17.9. The second-order valence-corrected chi connectivity index (χ2v) is 6.79. The highest BCUT2D eigenvalue weighted by atomic mass is 127. The lowest BCUT2D eigenvalue weighted by Gasteiger charge is -2.36. The molecule has 1 fully saturated rings. The van der Waals surface area contributed by atoms with Gasteiger partial charge in [0.2, 0.25) is 0 Å². The van der Waals surface area contributed by atoms with Crippen molar-refractivity contribution in [3.8, 4) is 0 Å². The molecule has 2 heterocycles. The number of hydrogen-bond donors (Lipinski definition) is 2.